The monoisotopic (exact) mass is 484 g/mol. The van der Waals surface area contributed by atoms with E-state index in [1.54, 1.807) is 48.7 Å². The molecule has 9 heteroatoms. The fourth-order valence-corrected chi connectivity index (χ4v) is 4.85. The number of aryl methyl sites for hydroxylation is 1. The molecule has 0 spiro atoms. The van der Waals surface area contributed by atoms with Crippen LogP contribution < -0.4 is 10.9 Å². The molecule has 0 saturated carbocycles. The van der Waals surface area contributed by atoms with Crippen molar-refractivity contribution in [3.63, 3.8) is 0 Å². The molecule has 2 aromatic carbocycles. The number of hydrogen-bond acceptors (Lipinski definition) is 6. The molecule has 3 heterocycles. The minimum Gasteiger partial charge on any atom is -0.324 e. The third kappa shape index (κ3) is 4.33. The van der Waals surface area contributed by atoms with E-state index in [9.17, 15) is 19.2 Å². The summed E-state index contributed by atoms with van der Waals surface area (Å²) in [6.45, 7) is 1.52. The van der Waals surface area contributed by atoms with Gasteiger partial charge in [0, 0.05) is 22.9 Å². The van der Waals surface area contributed by atoms with Gasteiger partial charge in [-0.25, -0.2) is 4.98 Å². The van der Waals surface area contributed by atoms with Gasteiger partial charge in [0.1, 0.15) is 12.2 Å². The van der Waals surface area contributed by atoms with E-state index in [1.165, 1.54) is 22.2 Å². The maximum atomic E-state index is 12.7. The van der Waals surface area contributed by atoms with Crippen molar-refractivity contribution in [1.29, 1.82) is 0 Å². The second-order valence-corrected chi connectivity index (χ2v) is 9.06. The Morgan fingerprint density at radius 3 is 2.37 bits per heavy atom. The molecule has 0 radical (unpaired) electrons. The first kappa shape index (κ1) is 22.5. The highest BCUT2D eigenvalue weighted by Gasteiger charge is 2.36. The van der Waals surface area contributed by atoms with Crippen molar-refractivity contribution in [2.24, 2.45) is 0 Å². The number of nitrogens with zero attached hydrogens (tertiary/aromatic N) is 3. The molecular formula is C26H20N4O4S. The van der Waals surface area contributed by atoms with Crippen molar-refractivity contribution >= 4 is 40.8 Å². The zero-order valence-corrected chi connectivity index (χ0v) is 19.5. The molecule has 0 atom stereocenters. The van der Waals surface area contributed by atoms with Gasteiger partial charge in [0.2, 0.25) is 5.91 Å². The quantitative estimate of drug-likeness (QED) is 0.332. The summed E-state index contributed by atoms with van der Waals surface area (Å²) in [5.74, 6) is -1.02. The van der Waals surface area contributed by atoms with E-state index in [4.69, 9.17) is 0 Å². The van der Waals surface area contributed by atoms with E-state index in [-0.39, 0.29) is 12.1 Å². The molecule has 5 rings (SSSR count). The molecule has 35 heavy (non-hydrogen) atoms. The molecule has 0 bridgehead atoms. The Morgan fingerprint density at radius 2 is 1.63 bits per heavy atom. The number of hydrogen-bond donors (Lipinski definition) is 1. The number of para-hydroxylation sites is 1. The molecule has 0 unspecified atom stereocenters. The standard InChI is InChI=1S/C26H20N4O4S/c1-16-7-6-12-29-23(32)13-17(27-24(16)29)15-35-21-11-5-4-10-20(21)28-22(31)14-30-25(33)18-8-2-3-9-19(18)26(30)34/h2-13H,14-15H2,1H3,(H,28,31). The van der Waals surface area contributed by atoms with Crippen molar-refractivity contribution in [2.75, 3.05) is 11.9 Å². The minimum atomic E-state index is -0.481. The number of fused-ring (bicyclic) bond motifs is 2. The van der Waals surface area contributed by atoms with Crippen LogP contribution in [0.15, 0.2) is 82.6 Å². The number of imide groups is 1. The molecule has 2 aromatic heterocycles. The van der Waals surface area contributed by atoms with E-state index in [0.29, 0.717) is 33.9 Å². The van der Waals surface area contributed by atoms with Gasteiger partial charge in [-0.2, -0.15) is 0 Å². The lowest BCUT2D eigenvalue weighted by atomic mass is 10.1. The first-order valence-corrected chi connectivity index (χ1v) is 11.9. The number of pyridine rings is 1. The number of aromatic nitrogens is 2. The summed E-state index contributed by atoms with van der Waals surface area (Å²) in [6, 6.07) is 18.9. The second kappa shape index (κ2) is 9.19. The summed E-state index contributed by atoms with van der Waals surface area (Å²) >= 11 is 1.43. The number of rotatable bonds is 6. The van der Waals surface area contributed by atoms with Gasteiger partial charge in [0.15, 0.2) is 0 Å². The van der Waals surface area contributed by atoms with Crippen molar-refractivity contribution in [3.8, 4) is 0 Å². The van der Waals surface area contributed by atoms with Gasteiger partial charge in [0.05, 0.1) is 22.5 Å². The Hall–Kier alpha value is -4.24. The average molecular weight is 485 g/mol. The van der Waals surface area contributed by atoms with Crippen molar-refractivity contribution < 1.29 is 14.4 Å². The van der Waals surface area contributed by atoms with Gasteiger partial charge in [-0.3, -0.25) is 28.5 Å². The summed E-state index contributed by atoms with van der Waals surface area (Å²) in [6.07, 6.45) is 1.69. The summed E-state index contributed by atoms with van der Waals surface area (Å²) in [4.78, 5) is 56.7. The van der Waals surface area contributed by atoms with E-state index in [2.05, 4.69) is 10.3 Å². The molecular weight excluding hydrogens is 464 g/mol. The normalized spacial score (nSPS) is 12.8. The minimum absolute atomic E-state index is 0.156. The van der Waals surface area contributed by atoms with E-state index in [0.717, 1.165) is 15.4 Å². The molecule has 0 fully saturated rings. The Balaban J connectivity index is 1.30. The highest BCUT2D eigenvalue weighted by Crippen LogP contribution is 2.30. The first-order valence-electron chi connectivity index (χ1n) is 10.9. The number of anilines is 1. The Morgan fingerprint density at radius 1 is 0.943 bits per heavy atom. The topological polar surface area (TPSA) is 101 Å². The van der Waals surface area contributed by atoms with Gasteiger partial charge in [0.25, 0.3) is 17.4 Å². The molecule has 0 aliphatic carbocycles. The highest BCUT2D eigenvalue weighted by molar-refractivity contribution is 7.98. The number of carbonyl (C=O) groups is 3. The fraction of sp³-hybridized carbons (Fsp3) is 0.115. The van der Waals surface area contributed by atoms with E-state index >= 15 is 0 Å². The first-order chi connectivity index (χ1) is 16.9. The molecule has 1 aliphatic rings. The predicted octanol–water partition coefficient (Wildman–Crippen LogP) is 3.53. The maximum Gasteiger partial charge on any atom is 0.262 e. The molecule has 174 valence electrons. The summed E-state index contributed by atoms with van der Waals surface area (Å²) < 4.78 is 1.51. The van der Waals surface area contributed by atoms with Crippen LogP contribution in [-0.2, 0) is 10.5 Å². The van der Waals surface area contributed by atoms with Gasteiger partial charge in [-0.1, -0.05) is 30.3 Å². The molecule has 1 N–H and O–H groups in total. The lowest BCUT2D eigenvalue weighted by molar-refractivity contribution is -0.116. The number of carbonyl (C=O) groups excluding carboxylic acids is 3. The maximum absolute atomic E-state index is 12.7. The van der Waals surface area contributed by atoms with Crippen LogP contribution in [0.25, 0.3) is 5.65 Å². The number of benzene rings is 2. The van der Waals surface area contributed by atoms with Crippen molar-refractivity contribution in [3.05, 3.63) is 106 Å². The number of thioether (sulfide) groups is 1. The van der Waals surface area contributed by atoms with Crippen LogP contribution >= 0.6 is 11.8 Å². The molecule has 0 saturated heterocycles. The summed E-state index contributed by atoms with van der Waals surface area (Å²) in [7, 11) is 0. The lowest BCUT2D eigenvalue weighted by Gasteiger charge is -2.15. The van der Waals surface area contributed by atoms with Gasteiger partial charge < -0.3 is 5.32 Å². The summed E-state index contributed by atoms with van der Waals surface area (Å²) in [5, 5.41) is 2.80. The second-order valence-electron chi connectivity index (χ2n) is 8.05. The Labute approximate surface area is 204 Å². The molecule has 8 nitrogen and oxygen atoms in total. The van der Waals surface area contributed by atoms with Crippen LogP contribution in [0.2, 0.25) is 0 Å². The van der Waals surface area contributed by atoms with E-state index < -0.39 is 17.7 Å². The van der Waals surface area contributed by atoms with Crippen molar-refractivity contribution in [1.82, 2.24) is 14.3 Å². The van der Waals surface area contributed by atoms with Crippen molar-refractivity contribution in [2.45, 2.75) is 17.6 Å². The molecule has 1 aliphatic heterocycles. The van der Waals surface area contributed by atoms with Crippen LogP contribution in [0.1, 0.15) is 32.0 Å². The Kier molecular flexibility index (Phi) is 5.92. The van der Waals surface area contributed by atoms with Crippen LogP contribution in [0.3, 0.4) is 0 Å². The van der Waals surface area contributed by atoms with Gasteiger partial charge in [-0.05, 0) is 42.8 Å². The summed E-state index contributed by atoms with van der Waals surface area (Å²) in [5.41, 5.74) is 3.13. The smallest absolute Gasteiger partial charge is 0.262 e. The third-order valence-electron chi connectivity index (χ3n) is 5.66. The highest BCUT2D eigenvalue weighted by atomic mass is 32.2. The number of amides is 3. The zero-order valence-electron chi connectivity index (χ0n) is 18.7. The average Bonchev–Trinajstić information content (AvgIpc) is 3.09. The largest absolute Gasteiger partial charge is 0.324 e. The fourth-order valence-electron chi connectivity index (χ4n) is 3.95. The predicted molar refractivity (Wildman–Crippen MR) is 133 cm³/mol. The van der Waals surface area contributed by atoms with Crippen LogP contribution in [0, 0.1) is 6.92 Å². The Bertz CT molecular complexity index is 1530. The number of nitrogens with one attached hydrogen (secondary N) is 1. The third-order valence-corrected chi connectivity index (χ3v) is 6.76. The van der Waals surface area contributed by atoms with Gasteiger partial charge >= 0.3 is 0 Å². The van der Waals surface area contributed by atoms with E-state index in [1.807, 2.05) is 25.1 Å². The zero-order chi connectivity index (χ0) is 24.5. The van der Waals surface area contributed by atoms with Gasteiger partial charge in [-0.15, -0.1) is 11.8 Å². The van der Waals surface area contributed by atoms with Crippen LogP contribution in [0.5, 0.6) is 0 Å². The SMILES string of the molecule is Cc1cccn2c(=O)cc(CSc3ccccc3NC(=O)CN3C(=O)c4ccccc4C3=O)nc12. The van der Waals surface area contributed by atoms with Crippen LogP contribution in [0.4, 0.5) is 5.69 Å². The molecule has 4 aromatic rings. The lowest BCUT2D eigenvalue weighted by Crippen LogP contribution is -2.37. The molecule has 3 amide bonds. The van der Waals surface area contributed by atoms with Crippen LogP contribution in [-0.4, -0.2) is 38.6 Å².